The van der Waals surface area contributed by atoms with Crippen molar-refractivity contribution in [3.63, 3.8) is 0 Å². The summed E-state index contributed by atoms with van der Waals surface area (Å²) in [5.41, 5.74) is 0.495. The first-order chi connectivity index (χ1) is 14.0. The molecule has 0 amide bonds. The molecule has 29 heavy (non-hydrogen) atoms. The van der Waals surface area contributed by atoms with Gasteiger partial charge in [0.25, 0.3) is 0 Å². The SMILES string of the molecule is C=CC(=O)Oc1cc(OC(=O)C=C)c2c(=O)c(-c3ccc(OC)cc3)coc2c1. The van der Waals surface area contributed by atoms with Crippen molar-refractivity contribution in [3.8, 4) is 28.4 Å². The summed E-state index contributed by atoms with van der Waals surface area (Å²) in [4.78, 5) is 36.4. The van der Waals surface area contributed by atoms with Crippen molar-refractivity contribution in [3.05, 3.63) is 78.2 Å². The highest BCUT2D eigenvalue weighted by Gasteiger charge is 2.18. The van der Waals surface area contributed by atoms with Gasteiger partial charge in [0.2, 0.25) is 5.43 Å². The molecule has 146 valence electrons. The number of esters is 2. The highest BCUT2D eigenvalue weighted by Crippen LogP contribution is 2.32. The zero-order chi connectivity index (χ0) is 21.0. The third-order valence-corrected chi connectivity index (χ3v) is 3.98. The lowest BCUT2D eigenvalue weighted by Gasteiger charge is -2.10. The van der Waals surface area contributed by atoms with Crippen LogP contribution in [0.3, 0.4) is 0 Å². The van der Waals surface area contributed by atoms with E-state index < -0.39 is 17.4 Å². The fraction of sp³-hybridized carbons (Fsp3) is 0.0455. The molecule has 7 heteroatoms. The van der Waals surface area contributed by atoms with Crippen molar-refractivity contribution in [2.24, 2.45) is 0 Å². The van der Waals surface area contributed by atoms with Gasteiger partial charge in [-0.25, -0.2) is 9.59 Å². The molecule has 7 nitrogen and oxygen atoms in total. The largest absolute Gasteiger partial charge is 0.497 e. The van der Waals surface area contributed by atoms with Crippen LogP contribution in [0, 0.1) is 0 Å². The van der Waals surface area contributed by atoms with Crippen LogP contribution in [0.25, 0.3) is 22.1 Å². The van der Waals surface area contributed by atoms with Crippen molar-refractivity contribution < 1.29 is 28.2 Å². The van der Waals surface area contributed by atoms with Gasteiger partial charge in [-0.3, -0.25) is 4.79 Å². The summed E-state index contributed by atoms with van der Waals surface area (Å²) in [6.07, 6.45) is 3.20. The van der Waals surface area contributed by atoms with Crippen molar-refractivity contribution in [2.75, 3.05) is 7.11 Å². The zero-order valence-electron chi connectivity index (χ0n) is 15.5. The van der Waals surface area contributed by atoms with E-state index in [1.54, 1.807) is 24.3 Å². The van der Waals surface area contributed by atoms with Gasteiger partial charge in [-0.05, 0) is 17.7 Å². The van der Waals surface area contributed by atoms with Crippen LogP contribution in [-0.2, 0) is 9.59 Å². The van der Waals surface area contributed by atoms with E-state index in [2.05, 4.69) is 13.2 Å². The Hall–Kier alpha value is -4.13. The third kappa shape index (κ3) is 4.08. The lowest BCUT2D eigenvalue weighted by Crippen LogP contribution is -2.11. The molecule has 0 aliphatic heterocycles. The highest BCUT2D eigenvalue weighted by molar-refractivity contribution is 5.93. The number of hydrogen-bond donors (Lipinski definition) is 0. The van der Waals surface area contributed by atoms with Gasteiger partial charge in [-0.1, -0.05) is 25.3 Å². The van der Waals surface area contributed by atoms with Gasteiger partial charge in [0.05, 0.1) is 12.7 Å². The Labute approximate surface area is 165 Å². The monoisotopic (exact) mass is 392 g/mol. The first-order valence-electron chi connectivity index (χ1n) is 8.39. The van der Waals surface area contributed by atoms with Crippen LogP contribution in [0.2, 0.25) is 0 Å². The Morgan fingerprint density at radius 2 is 1.62 bits per heavy atom. The second-order valence-corrected chi connectivity index (χ2v) is 5.75. The molecule has 0 radical (unpaired) electrons. The second-order valence-electron chi connectivity index (χ2n) is 5.75. The number of benzene rings is 2. The van der Waals surface area contributed by atoms with Gasteiger partial charge in [0, 0.05) is 24.3 Å². The molecule has 0 saturated heterocycles. The van der Waals surface area contributed by atoms with Gasteiger partial charge in [-0.15, -0.1) is 0 Å². The number of hydrogen-bond acceptors (Lipinski definition) is 7. The molecule has 0 aliphatic rings. The summed E-state index contributed by atoms with van der Waals surface area (Å²) < 4.78 is 20.9. The van der Waals surface area contributed by atoms with E-state index in [1.165, 1.54) is 25.5 Å². The maximum Gasteiger partial charge on any atom is 0.335 e. The Bertz CT molecular complexity index is 1170. The van der Waals surface area contributed by atoms with E-state index in [4.69, 9.17) is 18.6 Å². The maximum absolute atomic E-state index is 13.1. The summed E-state index contributed by atoms with van der Waals surface area (Å²) >= 11 is 0. The van der Waals surface area contributed by atoms with Crippen LogP contribution >= 0.6 is 0 Å². The third-order valence-electron chi connectivity index (χ3n) is 3.98. The smallest absolute Gasteiger partial charge is 0.335 e. The molecule has 0 spiro atoms. The van der Waals surface area contributed by atoms with Crippen molar-refractivity contribution in [1.29, 1.82) is 0 Å². The zero-order valence-corrected chi connectivity index (χ0v) is 15.5. The fourth-order valence-corrected chi connectivity index (χ4v) is 2.61. The van der Waals surface area contributed by atoms with Gasteiger partial charge < -0.3 is 18.6 Å². The Morgan fingerprint density at radius 1 is 0.966 bits per heavy atom. The van der Waals surface area contributed by atoms with Crippen LogP contribution < -0.4 is 19.6 Å². The lowest BCUT2D eigenvalue weighted by molar-refractivity contribution is -0.129. The predicted molar refractivity (Wildman–Crippen MR) is 106 cm³/mol. The maximum atomic E-state index is 13.1. The molecule has 0 aliphatic carbocycles. The molecule has 3 rings (SSSR count). The Kier molecular flexibility index (Phi) is 5.59. The minimum absolute atomic E-state index is 0.0203. The molecule has 1 heterocycles. The van der Waals surface area contributed by atoms with Gasteiger partial charge >= 0.3 is 11.9 Å². The Morgan fingerprint density at radius 3 is 2.24 bits per heavy atom. The fourth-order valence-electron chi connectivity index (χ4n) is 2.61. The molecule has 0 bridgehead atoms. The van der Waals surface area contributed by atoms with E-state index in [9.17, 15) is 14.4 Å². The summed E-state index contributed by atoms with van der Waals surface area (Å²) in [6.45, 7) is 6.66. The summed E-state index contributed by atoms with van der Waals surface area (Å²) in [5, 5.41) is 0.0203. The molecule has 0 atom stereocenters. The number of fused-ring (bicyclic) bond motifs is 1. The molecule has 3 aromatic rings. The second kappa shape index (κ2) is 8.26. The van der Waals surface area contributed by atoms with Crippen LogP contribution in [0.1, 0.15) is 0 Å². The minimum Gasteiger partial charge on any atom is -0.497 e. The average Bonchev–Trinajstić information content (AvgIpc) is 2.73. The normalized spacial score (nSPS) is 10.2. The lowest BCUT2D eigenvalue weighted by atomic mass is 10.0. The molecule has 0 saturated carbocycles. The van der Waals surface area contributed by atoms with Crippen LogP contribution in [0.15, 0.2) is 77.2 Å². The standard InChI is InChI=1S/C22H16O7/c1-4-19(23)28-15-10-17-21(18(11-15)29-20(24)5-2)22(25)16(12-27-17)13-6-8-14(26-3)9-7-13/h4-12H,1-2H2,3H3. The van der Waals surface area contributed by atoms with Gasteiger partial charge in [0.15, 0.2) is 0 Å². The molecule has 0 fully saturated rings. The first kappa shape index (κ1) is 19.6. The molecule has 2 aromatic carbocycles. The number of carbonyl (C=O) groups is 2. The molecular formula is C22H16O7. The number of rotatable bonds is 6. The summed E-state index contributed by atoms with van der Waals surface area (Å²) in [7, 11) is 1.54. The van der Waals surface area contributed by atoms with Crippen molar-refractivity contribution >= 4 is 22.9 Å². The summed E-state index contributed by atoms with van der Waals surface area (Å²) in [6, 6.07) is 9.41. The van der Waals surface area contributed by atoms with E-state index in [0.717, 1.165) is 12.2 Å². The van der Waals surface area contributed by atoms with Crippen LogP contribution in [-0.4, -0.2) is 19.0 Å². The quantitative estimate of drug-likeness (QED) is 0.359. The van der Waals surface area contributed by atoms with E-state index in [-0.39, 0.29) is 28.0 Å². The number of carbonyl (C=O) groups excluding carboxylic acids is 2. The minimum atomic E-state index is -0.784. The number of ether oxygens (including phenoxy) is 3. The molecule has 0 N–H and O–H groups in total. The first-order valence-corrected chi connectivity index (χ1v) is 8.39. The number of methoxy groups -OCH3 is 1. The molecule has 0 unspecified atom stereocenters. The average molecular weight is 392 g/mol. The molecular weight excluding hydrogens is 376 g/mol. The van der Waals surface area contributed by atoms with E-state index >= 15 is 0 Å². The van der Waals surface area contributed by atoms with Crippen LogP contribution in [0.5, 0.6) is 17.2 Å². The van der Waals surface area contributed by atoms with E-state index in [1.807, 2.05) is 0 Å². The predicted octanol–water partition coefficient (Wildman–Crippen LogP) is 3.65. The highest BCUT2D eigenvalue weighted by atomic mass is 16.5. The topological polar surface area (TPSA) is 92.0 Å². The van der Waals surface area contributed by atoms with Gasteiger partial charge in [-0.2, -0.15) is 0 Å². The summed E-state index contributed by atoms with van der Waals surface area (Å²) in [5.74, 6) is -0.971. The van der Waals surface area contributed by atoms with E-state index in [0.29, 0.717) is 11.3 Å². The van der Waals surface area contributed by atoms with Crippen molar-refractivity contribution in [1.82, 2.24) is 0 Å². The molecule has 1 aromatic heterocycles. The van der Waals surface area contributed by atoms with Gasteiger partial charge in [0.1, 0.15) is 34.5 Å². The van der Waals surface area contributed by atoms with Crippen molar-refractivity contribution in [2.45, 2.75) is 0 Å². The van der Waals surface area contributed by atoms with Crippen LogP contribution in [0.4, 0.5) is 0 Å². The Balaban J connectivity index is 2.20.